The number of carbonyl (C=O) groups excluding carboxylic acids is 1. The molecule has 1 aromatic heterocycles. The van der Waals surface area contributed by atoms with Crippen molar-refractivity contribution >= 4 is 17.2 Å². The predicted molar refractivity (Wildman–Crippen MR) is 95.0 cm³/mol. The molecule has 1 saturated heterocycles. The number of aryl methyl sites for hydroxylation is 1. The first-order valence-corrected chi connectivity index (χ1v) is 9.13. The third-order valence-corrected chi connectivity index (χ3v) is 5.45. The van der Waals surface area contributed by atoms with Crippen LogP contribution in [0.25, 0.3) is 11.1 Å². The second kappa shape index (κ2) is 7.45. The van der Waals surface area contributed by atoms with Crippen molar-refractivity contribution in [2.45, 2.75) is 20.3 Å². The highest BCUT2D eigenvalue weighted by Gasteiger charge is 2.28. The number of amides is 1. The van der Waals surface area contributed by atoms with Crippen LogP contribution < -0.4 is 0 Å². The van der Waals surface area contributed by atoms with Gasteiger partial charge in [-0.15, -0.1) is 11.3 Å². The molecule has 1 amide bonds. The molecule has 1 aliphatic rings. The van der Waals surface area contributed by atoms with Crippen molar-refractivity contribution in [3.63, 3.8) is 0 Å². The van der Waals surface area contributed by atoms with Crippen LogP contribution in [0.15, 0.2) is 30.3 Å². The van der Waals surface area contributed by atoms with E-state index in [-0.39, 0.29) is 11.7 Å². The van der Waals surface area contributed by atoms with Gasteiger partial charge in [-0.25, -0.2) is 4.39 Å². The van der Waals surface area contributed by atoms with Crippen molar-refractivity contribution in [2.75, 3.05) is 26.3 Å². The van der Waals surface area contributed by atoms with Crippen LogP contribution in [-0.2, 0) is 4.74 Å². The van der Waals surface area contributed by atoms with Gasteiger partial charge in [-0.05, 0) is 49.6 Å². The number of hydrogen-bond acceptors (Lipinski definition) is 3. The molecule has 24 heavy (non-hydrogen) atoms. The summed E-state index contributed by atoms with van der Waals surface area (Å²) in [5, 5.41) is 0. The molecule has 2 aromatic rings. The van der Waals surface area contributed by atoms with Crippen LogP contribution in [0.4, 0.5) is 4.39 Å². The summed E-state index contributed by atoms with van der Waals surface area (Å²) in [6.07, 6.45) is 1.00. The van der Waals surface area contributed by atoms with E-state index in [9.17, 15) is 9.18 Å². The highest BCUT2D eigenvalue weighted by molar-refractivity contribution is 7.14. The van der Waals surface area contributed by atoms with E-state index in [1.807, 2.05) is 24.8 Å². The van der Waals surface area contributed by atoms with Gasteiger partial charge in [0.1, 0.15) is 5.82 Å². The molecule has 0 aliphatic carbocycles. The first kappa shape index (κ1) is 17.1. The van der Waals surface area contributed by atoms with Crippen LogP contribution in [0.1, 0.15) is 27.9 Å². The lowest BCUT2D eigenvalue weighted by Crippen LogP contribution is -2.28. The van der Waals surface area contributed by atoms with E-state index in [1.165, 1.54) is 23.5 Å². The zero-order valence-corrected chi connectivity index (χ0v) is 14.9. The molecule has 3 nitrogen and oxygen atoms in total. The first-order chi connectivity index (χ1) is 11.6. The first-order valence-electron chi connectivity index (χ1n) is 8.32. The third kappa shape index (κ3) is 3.68. The standard InChI is InChI=1S/C19H22FNO2S/c1-3-23-12-14-8-9-21(11-14)19(22)18-10-17(13(2)24-18)15-4-6-16(20)7-5-15/h4-7,10,14H,3,8-9,11-12H2,1-2H3/t14-/m1/s1. The Morgan fingerprint density at radius 1 is 1.38 bits per heavy atom. The zero-order chi connectivity index (χ0) is 17.1. The Labute approximate surface area is 146 Å². The summed E-state index contributed by atoms with van der Waals surface area (Å²) >= 11 is 1.51. The van der Waals surface area contributed by atoms with Crippen LogP contribution >= 0.6 is 11.3 Å². The normalized spacial score (nSPS) is 17.5. The summed E-state index contributed by atoms with van der Waals surface area (Å²) in [6.45, 7) is 6.99. The molecule has 1 fully saturated rings. The maximum Gasteiger partial charge on any atom is 0.263 e. The lowest BCUT2D eigenvalue weighted by Gasteiger charge is -2.15. The predicted octanol–water partition coefficient (Wildman–Crippen LogP) is 4.36. The fourth-order valence-corrected chi connectivity index (χ4v) is 4.11. The zero-order valence-electron chi connectivity index (χ0n) is 14.0. The van der Waals surface area contributed by atoms with Crippen molar-refractivity contribution in [2.24, 2.45) is 5.92 Å². The van der Waals surface area contributed by atoms with E-state index < -0.39 is 0 Å². The Hall–Kier alpha value is -1.72. The smallest absolute Gasteiger partial charge is 0.263 e. The second-order valence-electron chi connectivity index (χ2n) is 6.15. The summed E-state index contributed by atoms with van der Waals surface area (Å²) in [5.74, 6) is 0.280. The van der Waals surface area contributed by atoms with Gasteiger partial charge < -0.3 is 9.64 Å². The molecule has 128 valence electrons. The van der Waals surface area contributed by atoms with E-state index in [0.717, 1.165) is 53.6 Å². The minimum atomic E-state index is -0.250. The largest absolute Gasteiger partial charge is 0.381 e. The van der Waals surface area contributed by atoms with E-state index in [0.29, 0.717) is 5.92 Å². The molecule has 0 spiro atoms. The van der Waals surface area contributed by atoms with Gasteiger partial charge in [0.25, 0.3) is 5.91 Å². The van der Waals surface area contributed by atoms with Crippen molar-refractivity contribution in [1.82, 2.24) is 4.90 Å². The van der Waals surface area contributed by atoms with Crippen molar-refractivity contribution in [3.05, 3.63) is 45.9 Å². The fraction of sp³-hybridized carbons (Fsp3) is 0.421. The Balaban J connectivity index is 1.73. The molecule has 0 bridgehead atoms. The Bertz CT molecular complexity index is 711. The lowest BCUT2D eigenvalue weighted by atomic mass is 10.1. The number of hydrogen-bond donors (Lipinski definition) is 0. The van der Waals surface area contributed by atoms with E-state index in [2.05, 4.69) is 0 Å². The molecule has 0 unspecified atom stereocenters. The van der Waals surface area contributed by atoms with Gasteiger partial charge in [0, 0.05) is 30.5 Å². The summed E-state index contributed by atoms with van der Waals surface area (Å²) in [7, 11) is 0. The van der Waals surface area contributed by atoms with Gasteiger partial charge >= 0.3 is 0 Å². The van der Waals surface area contributed by atoms with E-state index in [4.69, 9.17) is 4.74 Å². The van der Waals surface area contributed by atoms with E-state index in [1.54, 1.807) is 12.1 Å². The lowest BCUT2D eigenvalue weighted by molar-refractivity contribution is 0.0767. The number of benzene rings is 1. The Kier molecular flexibility index (Phi) is 5.31. The topological polar surface area (TPSA) is 29.5 Å². The quantitative estimate of drug-likeness (QED) is 0.804. The van der Waals surface area contributed by atoms with Gasteiger partial charge in [0.05, 0.1) is 11.5 Å². The molecule has 1 aromatic carbocycles. The van der Waals surface area contributed by atoms with E-state index >= 15 is 0 Å². The number of nitrogens with zero attached hydrogens (tertiary/aromatic N) is 1. The number of thiophene rings is 1. The van der Waals surface area contributed by atoms with Gasteiger partial charge in [-0.3, -0.25) is 4.79 Å². The number of carbonyl (C=O) groups is 1. The highest BCUT2D eigenvalue weighted by atomic mass is 32.1. The maximum atomic E-state index is 13.1. The second-order valence-corrected chi connectivity index (χ2v) is 7.41. The highest BCUT2D eigenvalue weighted by Crippen LogP contribution is 2.32. The average Bonchev–Trinajstić information content (AvgIpc) is 3.20. The van der Waals surface area contributed by atoms with Crippen LogP contribution in [0, 0.1) is 18.7 Å². The number of rotatable bonds is 5. The molecule has 5 heteroatoms. The van der Waals surface area contributed by atoms with Crippen molar-refractivity contribution in [3.8, 4) is 11.1 Å². The minimum Gasteiger partial charge on any atom is -0.381 e. The maximum absolute atomic E-state index is 13.1. The van der Waals surface area contributed by atoms with Crippen LogP contribution in [0.3, 0.4) is 0 Å². The number of likely N-dealkylation sites (tertiary alicyclic amines) is 1. The number of halogens is 1. The molecule has 1 atom stereocenters. The molecule has 0 N–H and O–H groups in total. The SMILES string of the molecule is CCOC[C@@H]1CCN(C(=O)c2cc(-c3ccc(F)cc3)c(C)s2)C1. The summed E-state index contributed by atoms with van der Waals surface area (Å²) < 4.78 is 18.6. The molecule has 1 aliphatic heterocycles. The van der Waals surface area contributed by atoms with Gasteiger partial charge in [0.15, 0.2) is 0 Å². The molecule has 0 saturated carbocycles. The fourth-order valence-electron chi connectivity index (χ4n) is 3.10. The monoisotopic (exact) mass is 347 g/mol. The van der Waals surface area contributed by atoms with Crippen LogP contribution in [0.2, 0.25) is 0 Å². The Morgan fingerprint density at radius 2 is 2.12 bits per heavy atom. The average molecular weight is 347 g/mol. The number of ether oxygens (including phenoxy) is 1. The van der Waals surface area contributed by atoms with Crippen LogP contribution in [0.5, 0.6) is 0 Å². The minimum absolute atomic E-state index is 0.0930. The summed E-state index contributed by atoms with van der Waals surface area (Å²) in [4.78, 5) is 16.5. The molecule has 2 heterocycles. The van der Waals surface area contributed by atoms with Gasteiger partial charge in [-0.2, -0.15) is 0 Å². The third-order valence-electron chi connectivity index (χ3n) is 4.41. The molecular formula is C19H22FNO2S. The van der Waals surface area contributed by atoms with Crippen molar-refractivity contribution in [1.29, 1.82) is 0 Å². The molecular weight excluding hydrogens is 325 g/mol. The van der Waals surface area contributed by atoms with Crippen molar-refractivity contribution < 1.29 is 13.9 Å². The van der Waals surface area contributed by atoms with Gasteiger partial charge in [0.2, 0.25) is 0 Å². The van der Waals surface area contributed by atoms with Gasteiger partial charge in [-0.1, -0.05) is 12.1 Å². The van der Waals surface area contributed by atoms with Crippen LogP contribution in [-0.4, -0.2) is 37.1 Å². The molecule has 3 rings (SSSR count). The molecule has 0 radical (unpaired) electrons. The Morgan fingerprint density at radius 3 is 2.83 bits per heavy atom. The summed E-state index contributed by atoms with van der Waals surface area (Å²) in [6, 6.07) is 8.35. The summed E-state index contributed by atoms with van der Waals surface area (Å²) in [5.41, 5.74) is 1.95.